The largest absolute Gasteiger partial charge is 0.391 e. The van der Waals surface area contributed by atoms with Crippen molar-refractivity contribution < 1.29 is 9.84 Å². The number of hydrogen-bond donors (Lipinski definition) is 1. The summed E-state index contributed by atoms with van der Waals surface area (Å²) < 4.78 is 4.88. The average Bonchev–Trinajstić information content (AvgIpc) is 2.36. The summed E-state index contributed by atoms with van der Waals surface area (Å²) in [6.07, 6.45) is 1.83. The SMILES string of the molecule is COC[C@@H](O)CC1CCN(C)C1. The summed E-state index contributed by atoms with van der Waals surface area (Å²) in [7, 11) is 3.76. The zero-order chi connectivity index (χ0) is 8.97. The first-order valence-electron chi connectivity index (χ1n) is 4.58. The van der Waals surface area contributed by atoms with Crippen LogP contribution in [0.15, 0.2) is 0 Å². The minimum absolute atomic E-state index is 0.272. The van der Waals surface area contributed by atoms with Gasteiger partial charge in [-0.3, -0.25) is 0 Å². The molecule has 0 amide bonds. The lowest BCUT2D eigenvalue weighted by Gasteiger charge is -2.14. The molecule has 1 aliphatic rings. The molecule has 0 aromatic heterocycles. The highest BCUT2D eigenvalue weighted by atomic mass is 16.5. The van der Waals surface area contributed by atoms with Gasteiger partial charge in [-0.1, -0.05) is 0 Å². The van der Waals surface area contributed by atoms with Gasteiger partial charge in [0.15, 0.2) is 0 Å². The number of methoxy groups -OCH3 is 1. The summed E-state index contributed by atoms with van der Waals surface area (Å²) in [5.41, 5.74) is 0. The van der Waals surface area contributed by atoms with Crippen LogP contribution in [0.1, 0.15) is 12.8 Å². The Hall–Kier alpha value is -0.120. The van der Waals surface area contributed by atoms with Gasteiger partial charge in [0, 0.05) is 13.7 Å². The monoisotopic (exact) mass is 173 g/mol. The van der Waals surface area contributed by atoms with Crippen LogP contribution < -0.4 is 0 Å². The number of hydrogen-bond acceptors (Lipinski definition) is 3. The molecule has 1 heterocycles. The van der Waals surface area contributed by atoms with E-state index >= 15 is 0 Å². The lowest BCUT2D eigenvalue weighted by Crippen LogP contribution is -2.21. The van der Waals surface area contributed by atoms with Crippen LogP contribution in [0.25, 0.3) is 0 Å². The van der Waals surface area contributed by atoms with E-state index in [-0.39, 0.29) is 6.10 Å². The van der Waals surface area contributed by atoms with Crippen molar-refractivity contribution >= 4 is 0 Å². The van der Waals surface area contributed by atoms with E-state index in [0.717, 1.165) is 13.0 Å². The van der Waals surface area contributed by atoms with Gasteiger partial charge in [0.1, 0.15) is 0 Å². The van der Waals surface area contributed by atoms with Gasteiger partial charge >= 0.3 is 0 Å². The van der Waals surface area contributed by atoms with Crippen molar-refractivity contribution in [2.75, 3.05) is 33.9 Å². The molecule has 0 bridgehead atoms. The molecule has 0 aliphatic carbocycles. The van der Waals surface area contributed by atoms with Gasteiger partial charge < -0.3 is 14.7 Å². The lowest BCUT2D eigenvalue weighted by atomic mass is 10.0. The third-order valence-corrected chi connectivity index (χ3v) is 2.45. The van der Waals surface area contributed by atoms with Crippen LogP contribution >= 0.6 is 0 Å². The topological polar surface area (TPSA) is 32.7 Å². The van der Waals surface area contributed by atoms with Gasteiger partial charge in [0.2, 0.25) is 0 Å². The van der Waals surface area contributed by atoms with Gasteiger partial charge in [0.25, 0.3) is 0 Å². The minimum atomic E-state index is -0.272. The van der Waals surface area contributed by atoms with Gasteiger partial charge in [-0.15, -0.1) is 0 Å². The van der Waals surface area contributed by atoms with E-state index in [1.54, 1.807) is 7.11 Å². The summed E-state index contributed by atoms with van der Waals surface area (Å²) >= 11 is 0. The van der Waals surface area contributed by atoms with Gasteiger partial charge in [-0.2, -0.15) is 0 Å². The maximum absolute atomic E-state index is 9.45. The van der Waals surface area contributed by atoms with Gasteiger partial charge in [-0.05, 0) is 32.4 Å². The predicted molar refractivity (Wildman–Crippen MR) is 48.1 cm³/mol. The summed E-state index contributed by atoms with van der Waals surface area (Å²) in [6, 6.07) is 0. The molecule has 0 aromatic rings. The number of nitrogens with zero attached hydrogens (tertiary/aromatic N) is 1. The van der Waals surface area contributed by atoms with Crippen LogP contribution in [-0.2, 0) is 4.74 Å². The fourth-order valence-corrected chi connectivity index (χ4v) is 1.86. The van der Waals surface area contributed by atoms with Crippen molar-refractivity contribution in [3.05, 3.63) is 0 Å². The molecule has 3 heteroatoms. The van der Waals surface area contributed by atoms with Crippen molar-refractivity contribution in [1.82, 2.24) is 4.90 Å². The number of aliphatic hydroxyl groups excluding tert-OH is 1. The standard InChI is InChI=1S/C9H19NO2/c1-10-4-3-8(6-10)5-9(11)7-12-2/h8-9,11H,3-7H2,1-2H3/t8?,9-/m0/s1. The number of ether oxygens (including phenoxy) is 1. The molecule has 1 fully saturated rings. The zero-order valence-electron chi connectivity index (χ0n) is 7.99. The predicted octanol–water partition coefficient (Wildman–Crippen LogP) is 0.336. The second-order valence-corrected chi connectivity index (χ2v) is 3.76. The van der Waals surface area contributed by atoms with Crippen LogP contribution in [0.2, 0.25) is 0 Å². The average molecular weight is 173 g/mol. The van der Waals surface area contributed by atoms with Crippen LogP contribution in [0.5, 0.6) is 0 Å². The molecule has 3 nitrogen and oxygen atoms in total. The van der Waals surface area contributed by atoms with Gasteiger partial charge in [0.05, 0.1) is 12.7 Å². The van der Waals surface area contributed by atoms with E-state index in [9.17, 15) is 5.11 Å². The van der Waals surface area contributed by atoms with Crippen molar-refractivity contribution in [3.8, 4) is 0 Å². The van der Waals surface area contributed by atoms with Crippen LogP contribution in [0.3, 0.4) is 0 Å². The molecule has 0 spiro atoms. The quantitative estimate of drug-likeness (QED) is 0.665. The summed E-state index contributed by atoms with van der Waals surface area (Å²) in [5.74, 6) is 0.667. The van der Waals surface area contributed by atoms with E-state index < -0.39 is 0 Å². The van der Waals surface area contributed by atoms with Gasteiger partial charge in [-0.25, -0.2) is 0 Å². The molecule has 1 N–H and O–H groups in total. The summed E-state index contributed by atoms with van der Waals surface area (Å²) in [6.45, 7) is 2.77. The zero-order valence-corrected chi connectivity index (χ0v) is 7.99. The molecule has 1 unspecified atom stereocenters. The Morgan fingerprint density at radius 2 is 2.42 bits per heavy atom. The van der Waals surface area contributed by atoms with Crippen LogP contribution in [0, 0.1) is 5.92 Å². The van der Waals surface area contributed by atoms with Crippen molar-refractivity contribution in [1.29, 1.82) is 0 Å². The second kappa shape index (κ2) is 4.80. The summed E-state index contributed by atoms with van der Waals surface area (Å²) in [4.78, 5) is 2.31. The fraction of sp³-hybridized carbons (Fsp3) is 1.00. The van der Waals surface area contributed by atoms with Crippen molar-refractivity contribution in [2.24, 2.45) is 5.92 Å². The first kappa shape index (κ1) is 9.96. The van der Waals surface area contributed by atoms with Crippen LogP contribution in [-0.4, -0.2) is 50.0 Å². The molecule has 1 aliphatic heterocycles. The third-order valence-electron chi connectivity index (χ3n) is 2.45. The minimum Gasteiger partial charge on any atom is -0.391 e. The molecule has 72 valence electrons. The highest BCUT2D eigenvalue weighted by molar-refractivity contribution is 4.75. The molecular formula is C9H19NO2. The highest BCUT2D eigenvalue weighted by Gasteiger charge is 2.21. The molecule has 0 aromatic carbocycles. The Balaban J connectivity index is 2.14. The highest BCUT2D eigenvalue weighted by Crippen LogP contribution is 2.19. The molecule has 1 rings (SSSR count). The fourth-order valence-electron chi connectivity index (χ4n) is 1.86. The smallest absolute Gasteiger partial charge is 0.0776 e. The normalized spacial score (nSPS) is 27.8. The molecule has 12 heavy (non-hydrogen) atoms. The maximum Gasteiger partial charge on any atom is 0.0776 e. The van der Waals surface area contributed by atoms with Crippen LogP contribution in [0.4, 0.5) is 0 Å². The second-order valence-electron chi connectivity index (χ2n) is 3.76. The Kier molecular flexibility index (Phi) is 3.98. The molecule has 2 atom stereocenters. The maximum atomic E-state index is 9.45. The van der Waals surface area contributed by atoms with Crippen molar-refractivity contribution in [3.63, 3.8) is 0 Å². The Bertz CT molecular complexity index is 130. The Labute approximate surface area is 74.3 Å². The first-order valence-corrected chi connectivity index (χ1v) is 4.58. The number of aliphatic hydroxyl groups is 1. The third kappa shape index (κ3) is 3.09. The Morgan fingerprint density at radius 3 is 2.92 bits per heavy atom. The lowest BCUT2D eigenvalue weighted by molar-refractivity contribution is 0.0492. The number of rotatable bonds is 4. The summed E-state index contributed by atoms with van der Waals surface area (Å²) in [5, 5.41) is 9.45. The first-order chi connectivity index (χ1) is 5.72. The van der Waals surface area contributed by atoms with E-state index in [1.165, 1.54) is 13.0 Å². The Morgan fingerprint density at radius 1 is 1.67 bits per heavy atom. The van der Waals surface area contributed by atoms with Crippen molar-refractivity contribution in [2.45, 2.75) is 18.9 Å². The van der Waals surface area contributed by atoms with E-state index in [4.69, 9.17) is 4.74 Å². The number of likely N-dealkylation sites (tertiary alicyclic amines) is 1. The van der Waals surface area contributed by atoms with E-state index in [0.29, 0.717) is 12.5 Å². The molecule has 0 radical (unpaired) electrons. The van der Waals surface area contributed by atoms with E-state index in [1.807, 2.05) is 0 Å². The molecule has 1 saturated heterocycles. The van der Waals surface area contributed by atoms with E-state index in [2.05, 4.69) is 11.9 Å². The molecular weight excluding hydrogens is 154 g/mol. The molecule has 0 saturated carbocycles.